The first-order chi connectivity index (χ1) is 8.63. The largest absolute Gasteiger partial charge is 0.361 e. The summed E-state index contributed by atoms with van der Waals surface area (Å²) in [6.07, 6.45) is 1.74. The highest BCUT2D eigenvalue weighted by molar-refractivity contribution is 5.79. The van der Waals surface area contributed by atoms with E-state index in [0.29, 0.717) is 6.54 Å². The second-order valence-electron chi connectivity index (χ2n) is 4.30. The van der Waals surface area contributed by atoms with Crippen molar-refractivity contribution >= 4 is 5.96 Å². The Morgan fingerprint density at radius 2 is 2.00 bits per heavy atom. The van der Waals surface area contributed by atoms with Gasteiger partial charge in [0.1, 0.15) is 5.76 Å². The van der Waals surface area contributed by atoms with Gasteiger partial charge in [-0.1, -0.05) is 19.0 Å². The standard InChI is InChI=1S/C13H24N4O/c1-6-11-10(12(7-2)18-16-11)9-15-13(14-8-3)17(4)5/h6-9H2,1-5H3,(H,14,15). The number of aromatic nitrogens is 1. The van der Waals surface area contributed by atoms with E-state index in [0.717, 1.165) is 42.4 Å². The van der Waals surface area contributed by atoms with Crippen molar-refractivity contribution in [2.24, 2.45) is 4.99 Å². The van der Waals surface area contributed by atoms with E-state index in [1.165, 1.54) is 0 Å². The van der Waals surface area contributed by atoms with Gasteiger partial charge in [0, 0.05) is 32.6 Å². The lowest BCUT2D eigenvalue weighted by Gasteiger charge is -2.16. The molecule has 0 aliphatic carbocycles. The van der Waals surface area contributed by atoms with E-state index >= 15 is 0 Å². The monoisotopic (exact) mass is 252 g/mol. The Labute approximate surface area is 109 Å². The minimum Gasteiger partial charge on any atom is -0.361 e. The Morgan fingerprint density at radius 1 is 1.28 bits per heavy atom. The van der Waals surface area contributed by atoms with Crippen molar-refractivity contribution in [2.45, 2.75) is 40.2 Å². The number of hydrogen-bond donors (Lipinski definition) is 1. The van der Waals surface area contributed by atoms with Gasteiger partial charge in [-0.05, 0) is 13.3 Å². The van der Waals surface area contributed by atoms with Gasteiger partial charge in [0.2, 0.25) is 0 Å². The Balaban J connectivity index is 2.88. The predicted octanol–water partition coefficient (Wildman–Crippen LogP) is 1.83. The fraction of sp³-hybridized carbons (Fsp3) is 0.692. The van der Waals surface area contributed by atoms with Crippen LogP contribution in [0.5, 0.6) is 0 Å². The molecule has 1 aromatic heterocycles. The van der Waals surface area contributed by atoms with E-state index in [1.807, 2.05) is 19.0 Å². The van der Waals surface area contributed by atoms with Gasteiger partial charge in [-0.3, -0.25) is 0 Å². The molecule has 18 heavy (non-hydrogen) atoms. The van der Waals surface area contributed by atoms with Gasteiger partial charge in [0.05, 0.1) is 12.2 Å². The molecule has 0 unspecified atom stereocenters. The van der Waals surface area contributed by atoms with Crippen LogP contribution >= 0.6 is 0 Å². The molecule has 1 heterocycles. The van der Waals surface area contributed by atoms with Crippen LogP contribution in [-0.4, -0.2) is 36.7 Å². The van der Waals surface area contributed by atoms with Crippen molar-refractivity contribution in [1.29, 1.82) is 0 Å². The highest BCUT2D eigenvalue weighted by atomic mass is 16.5. The minimum absolute atomic E-state index is 0.621. The SMILES string of the molecule is CCNC(=NCc1c(CC)noc1CC)N(C)C. The molecule has 5 nitrogen and oxygen atoms in total. The van der Waals surface area contributed by atoms with Crippen molar-refractivity contribution in [3.63, 3.8) is 0 Å². The summed E-state index contributed by atoms with van der Waals surface area (Å²) < 4.78 is 5.34. The summed E-state index contributed by atoms with van der Waals surface area (Å²) in [6.45, 7) is 7.71. The fourth-order valence-corrected chi connectivity index (χ4v) is 1.78. The summed E-state index contributed by atoms with van der Waals surface area (Å²) in [4.78, 5) is 6.58. The van der Waals surface area contributed by atoms with E-state index in [-0.39, 0.29) is 0 Å². The Kier molecular flexibility index (Phi) is 5.68. The van der Waals surface area contributed by atoms with Crippen LogP contribution in [0.3, 0.4) is 0 Å². The van der Waals surface area contributed by atoms with E-state index in [9.17, 15) is 0 Å². The second kappa shape index (κ2) is 7.03. The molecule has 0 aliphatic heterocycles. The molecule has 0 fully saturated rings. The van der Waals surface area contributed by atoms with Crippen LogP contribution < -0.4 is 5.32 Å². The highest BCUT2D eigenvalue weighted by Gasteiger charge is 2.13. The van der Waals surface area contributed by atoms with Crippen molar-refractivity contribution in [3.8, 4) is 0 Å². The summed E-state index contributed by atoms with van der Waals surface area (Å²) in [7, 11) is 3.97. The van der Waals surface area contributed by atoms with Crippen LogP contribution in [0.1, 0.15) is 37.8 Å². The van der Waals surface area contributed by atoms with Crippen molar-refractivity contribution in [2.75, 3.05) is 20.6 Å². The summed E-state index contributed by atoms with van der Waals surface area (Å²) in [5.74, 6) is 1.84. The number of aryl methyl sites for hydroxylation is 2. The van der Waals surface area contributed by atoms with Crippen molar-refractivity contribution < 1.29 is 4.52 Å². The number of nitrogens with one attached hydrogen (secondary N) is 1. The number of rotatable bonds is 5. The third-order valence-electron chi connectivity index (χ3n) is 2.75. The van der Waals surface area contributed by atoms with Gasteiger partial charge in [0.25, 0.3) is 0 Å². The zero-order valence-electron chi connectivity index (χ0n) is 12.1. The first-order valence-electron chi connectivity index (χ1n) is 6.55. The molecule has 0 bridgehead atoms. The topological polar surface area (TPSA) is 53.7 Å². The summed E-state index contributed by atoms with van der Waals surface area (Å²) in [5, 5.41) is 7.34. The molecule has 0 saturated heterocycles. The number of hydrogen-bond acceptors (Lipinski definition) is 3. The first kappa shape index (κ1) is 14.5. The lowest BCUT2D eigenvalue weighted by atomic mass is 10.1. The molecular weight excluding hydrogens is 228 g/mol. The molecule has 0 saturated carbocycles. The van der Waals surface area contributed by atoms with Crippen LogP contribution in [-0.2, 0) is 19.4 Å². The van der Waals surface area contributed by atoms with Crippen molar-refractivity contribution in [3.05, 3.63) is 17.0 Å². The molecule has 0 atom stereocenters. The van der Waals surface area contributed by atoms with E-state index < -0.39 is 0 Å². The molecule has 102 valence electrons. The Morgan fingerprint density at radius 3 is 2.50 bits per heavy atom. The lowest BCUT2D eigenvalue weighted by molar-refractivity contribution is 0.380. The highest BCUT2D eigenvalue weighted by Crippen LogP contribution is 2.16. The van der Waals surface area contributed by atoms with Crippen LogP contribution in [0.15, 0.2) is 9.52 Å². The third kappa shape index (κ3) is 3.48. The average Bonchev–Trinajstić information content (AvgIpc) is 2.76. The number of nitrogens with zero attached hydrogens (tertiary/aromatic N) is 3. The van der Waals surface area contributed by atoms with E-state index in [1.54, 1.807) is 0 Å². The third-order valence-corrected chi connectivity index (χ3v) is 2.75. The smallest absolute Gasteiger partial charge is 0.193 e. The van der Waals surface area contributed by atoms with Gasteiger partial charge in [0.15, 0.2) is 5.96 Å². The maximum absolute atomic E-state index is 5.34. The van der Waals surface area contributed by atoms with Crippen LogP contribution in [0.25, 0.3) is 0 Å². The van der Waals surface area contributed by atoms with Crippen LogP contribution in [0, 0.1) is 0 Å². The average molecular weight is 252 g/mol. The molecule has 1 aromatic rings. The van der Waals surface area contributed by atoms with Gasteiger partial charge in [-0.15, -0.1) is 0 Å². The van der Waals surface area contributed by atoms with Gasteiger partial charge in [-0.25, -0.2) is 4.99 Å². The normalized spacial score (nSPS) is 11.7. The Hall–Kier alpha value is -1.52. The van der Waals surface area contributed by atoms with Gasteiger partial charge in [-0.2, -0.15) is 0 Å². The van der Waals surface area contributed by atoms with Crippen LogP contribution in [0.4, 0.5) is 0 Å². The van der Waals surface area contributed by atoms with Crippen LogP contribution in [0.2, 0.25) is 0 Å². The maximum Gasteiger partial charge on any atom is 0.193 e. The zero-order valence-corrected chi connectivity index (χ0v) is 12.1. The molecule has 5 heteroatoms. The summed E-state index contributed by atoms with van der Waals surface area (Å²) >= 11 is 0. The molecular formula is C13H24N4O. The maximum atomic E-state index is 5.34. The van der Waals surface area contributed by atoms with E-state index in [2.05, 4.69) is 36.2 Å². The molecule has 0 aliphatic rings. The predicted molar refractivity (Wildman–Crippen MR) is 73.8 cm³/mol. The van der Waals surface area contributed by atoms with Crippen molar-refractivity contribution in [1.82, 2.24) is 15.4 Å². The first-order valence-corrected chi connectivity index (χ1v) is 6.55. The molecule has 1 N–H and O–H groups in total. The Bertz CT molecular complexity index is 374. The molecule has 0 amide bonds. The van der Waals surface area contributed by atoms with Gasteiger partial charge >= 0.3 is 0 Å². The van der Waals surface area contributed by atoms with Gasteiger partial charge < -0.3 is 14.7 Å². The molecule has 0 aromatic carbocycles. The lowest BCUT2D eigenvalue weighted by Crippen LogP contribution is -2.36. The second-order valence-corrected chi connectivity index (χ2v) is 4.30. The molecule has 0 radical (unpaired) electrons. The quantitative estimate of drug-likeness (QED) is 0.641. The number of guanidine groups is 1. The minimum atomic E-state index is 0.621. The summed E-state index contributed by atoms with van der Waals surface area (Å²) in [5.41, 5.74) is 2.16. The zero-order chi connectivity index (χ0) is 13.5. The van der Waals surface area contributed by atoms with E-state index in [4.69, 9.17) is 4.52 Å². The molecule has 1 rings (SSSR count). The fourth-order valence-electron chi connectivity index (χ4n) is 1.78. The number of aliphatic imine (C=N–C) groups is 1. The molecule has 0 spiro atoms. The summed E-state index contributed by atoms with van der Waals surface area (Å²) in [6, 6.07) is 0.